The lowest BCUT2D eigenvalue weighted by molar-refractivity contribution is 0.777. The van der Waals surface area contributed by atoms with Crippen LogP contribution in [0, 0.1) is 13.3 Å². The average Bonchev–Trinajstić information content (AvgIpc) is 2.76. The second-order valence-electron chi connectivity index (χ2n) is 7.68. The molecule has 0 aromatic rings. The zero-order chi connectivity index (χ0) is 14.4. The summed E-state index contributed by atoms with van der Waals surface area (Å²) in [5.74, 6) is 0. The van der Waals surface area contributed by atoms with E-state index in [-0.39, 0.29) is 0 Å². The summed E-state index contributed by atoms with van der Waals surface area (Å²) in [6, 6.07) is 0. The van der Waals surface area contributed by atoms with Crippen LogP contribution in [0.1, 0.15) is 60.3 Å². The quantitative estimate of drug-likeness (QED) is 0.434. The molecule has 0 nitrogen and oxygen atoms in total. The van der Waals surface area contributed by atoms with Crippen LogP contribution in [0.5, 0.6) is 0 Å². The van der Waals surface area contributed by atoms with Crippen molar-refractivity contribution in [2.45, 2.75) is 88.6 Å². The molecule has 2 aliphatic rings. The first-order chi connectivity index (χ1) is 8.72. The Kier molecular flexibility index (Phi) is 4.76. The Morgan fingerprint density at radius 1 is 0.842 bits per heavy atom. The van der Waals surface area contributed by atoms with E-state index in [0.717, 1.165) is 28.3 Å². The summed E-state index contributed by atoms with van der Waals surface area (Å²) in [5.41, 5.74) is 4.47. The first-order valence-electron chi connectivity index (χ1n) is 8.17. The lowest BCUT2D eigenvalue weighted by Crippen LogP contribution is -2.26. The van der Waals surface area contributed by atoms with Crippen LogP contribution in [0.15, 0.2) is 0 Å². The fourth-order valence-corrected chi connectivity index (χ4v) is 14.6. The van der Waals surface area contributed by atoms with E-state index in [0.29, 0.717) is 0 Å². The van der Waals surface area contributed by atoms with Gasteiger partial charge in [-0.15, -0.1) is 14.5 Å². The number of rotatable bonds is 3. The van der Waals surface area contributed by atoms with Gasteiger partial charge < -0.3 is 0 Å². The summed E-state index contributed by atoms with van der Waals surface area (Å²) in [5, 5.41) is 0. The topological polar surface area (TPSA) is 0 Å². The maximum Gasteiger partial charge on any atom is 0.0716 e. The van der Waals surface area contributed by atoms with Gasteiger partial charge in [-0.25, -0.2) is 0 Å². The van der Waals surface area contributed by atoms with Crippen molar-refractivity contribution in [3.8, 4) is 0 Å². The van der Waals surface area contributed by atoms with Crippen molar-refractivity contribution in [3.05, 3.63) is 13.3 Å². The van der Waals surface area contributed by atoms with Crippen molar-refractivity contribution in [1.82, 2.24) is 0 Å². The molecular weight excluding hydrogens is 266 g/mol. The SMILES string of the molecule is [CH2-][P+]1(CC(C)[P+]2([CH2-])[C@@H](C)CC[C@@H]2C)[C@@H](C)CC[C@@H]1C. The van der Waals surface area contributed by atoms with Gasteiger partial charge in [0.15, 0.2) is 0 Å². The van der Waals surface area contributed by atoms with Crippen LogP contribution in [-0.2, 0) is 0 Å². The van der Waals surface area contributed by atoms with Crippen molar-refractivity contribution in [2.75, 3.05) is 6.16 Å². The van der Waals surface area contributed by atoms with E-state index in [1.165, 1.54) is 31.8 Å². The minimum atomic E-state index is -1.00. The van der Waals surface area contributed by atoms with E-state index in [4.69, 9.17) is 13.3 Å². The van der Waals surface area contributed by atoms with Gasteiger partial charge in [0.25, 0.3) is 0 Å². The lowest BCUT2D eigenvalue weighted by atomic mass is 10.2. The molecule has 0 aromatic heterocycles. The molecule has 0 spiro atoms. The maximum absolute atomic E-state index is 4.86. The lowest BCUT2D eigenvalue weighted by Gasteiger charge is -2.45. The third-order valence-electron chi connectivity index (χ3n) is 6.83. The molecule has 0 aromatic carbocycles. The van der Waals surface area contributed by atoms with Crippen LogP contribution >= 0.6 is 14.5 Å². The fourth-order valence-electron chi connectivity index (χ4n) is 4.70. The third-order valence-corrected chi connectivity index (χ3v) is 18.0. The predicted octanol–water partition coefficient (Wildman–Crippen LogP) is 6.13. The van der Waals surface area contributed by atoms with E-state index in [9.17, 15) is 0 Å². The molecule has 0 amide bonds. The molecule has 2 heterocycles. The Morgan fingerprint density at radius 2 is 1.21 bits per heavy atom. The molecule has 2 rings (SSSR count). The Labute approximate surface area is 123 Å². The molecule has 19 heavy (non-hydrogen) atoms. The van der Waals surface area contributed by atoms with Crippen molar-refractivity contribution < 1.29 is 0 Å². The van der Waals surface area contributed by atoms with Gasteiger partial charge in [0.2, 0.25) is 0 Å². The summed E-state index contributed by atoms with van der Waals surface area (Å²) in [6.07, 6.45) is 7.14. The molecule has 112 valence electrons. The monoisotopic (exact) mass is 300 g/mol. The van der Waals surface area contributed by atoms with Gasteiger partial charge in [-0.3, -0.25) is 0 Å². The summed E-state index contributed by atoms with van der Waals surface area (Å²) in [4.78, 5) is 0. The minimum absolute atomic E-state index is 0.855. The molecule has 0 saturated carbocycles. The molecule has 2 fully saturated rings. The van der Waals surface area contributed by atoms with Gasteiger partial charge in [0.05, 0.1) is 11.8 Å². The molecule has 0 aliphatic carbocycles. The van der Waals surface area contributed by atoms with Crippen LogP contribution in [0.2, 0.25) is 0 Å². The van der Waals surface area contributed by atoms with Crippen molar-refractivity contribution in [2.24, 2.45) is 0 Å². The van der Waals surface area contributed by atoms with E-state index in [2.05, 4.69) is 34.6 Å². The van der Waals surface area contributed by atoms with Gasteiger partial charge in [-0.2, -0.15) is 13.3 Å². The van der Waals surface area contributed by atoms with Crippen molar-refractivity contribution >= 4 is 14.5 Å². The van der Waals surface area contributed by atoms with E-state index in [1.807, 2.05) is 0 Å². The highest BCUT2D eigenvalue weighted by atomic mass is 31.2. The second-order valence-corrected chi connectivity index (χ2v) is 16.6. The first-order valence-corrected chi connectivity index (χ1v) is 12.6. The Morgan fingerprint density at radius 3 is 1.63 bits per heavy atom. The van der Waals surface area contributed by atoms with Crippen LogP contribution < -0.4 is 0 Å². The Bertz CT molecular complexity index is 305. The number of hydrogen-bond acceptors (Lipinski definition) is 0. The molecule has 0 bridgehead atoms. The smallest absolute Gasteiger partial charge is 0.0716 e. The highest BCUT2D eigenvalue weighted by Gasteiger charge is 2.52. The van der Waals surface area contributed by atoms with Gasteiger partial charge in [0, 0.05) is 22.6 Å². The third kappa shape index (κ3) is 2.55. The van der Waals surface area contributed by atoms with Crippen LogP contribution in [-0.4, -0.2) is 34.5 Å². The number of hydrogen-bond donors (Lipinski definition) is 0. The van der Waals surface area contributed by atoms with E-state index < -0.39 is 14.5 Å². The normalized spacial score (nSPS) is 42.5. The van der Waals surface area contributed by atoms with E-state index >= 15 is 0 Å². The predicted molar refractivity (Wildman–Crippen MR) is 95.2 cm³/mol. The van der Waals surface area contributed by atoms with Crippen LogP contribution in [0.25, 0.3) is 0 Å². The molecule has 2 heteroatoms. The van der Waals surface area contributed by atoms with E-state index in [1.54, 1.807) is 0 Å². The van der Waals surface area contributed by atoms with Gasteiger partial charge in [-0.05, 0) is 60.3 Å². The standard InChI is InChI=1S/C17H34P2/c1-13-8-9-14(2)18(13,6)12-17(5)19(7)15(3)10-11-16(19)4/h13-17H,6-12H2,1-5H3/t13-,14-,15-,16-,17?/m0/s1. The Balaban J connectivity index is 2.14. The van der Waals surface area contributed by atoms with Crippen molar-refractivity contribution in [3.63, 3.8) is 0 Å². The largest absolute Gasteiger partial charge is 0.179 e. The molecule has 0 N–H and O–H groups in total. The van der Waals surface area contributed by atoms with Gasteiger partial charge >= 0.3 is 0 Å². The van der Waals surface area contributed by atoms with Gasteiger partial charge in [-0.1, -0.05) is 0 Å². The fraction of sp³-hybridized carbons (Fsp3) is 0.882. The zero-order valence-electron chi connectivity index (χ0n) is 13.7. The maximum atomic E-state index is 4.86. The summed E-state index contributed by atoms with van der Waals surface area (Å²) < 4.78 is 0. The molecule has 2 aliphatic heterocycles. The van der Waals surface area contributed by atoms with Crippen LogP contribution in [0.3, 0.4) is 0 Å². The highest BCUT2D eigenvalue weighted by Crippen LogP contribution is 2.80. The summed E-state index contributed by atoms with van der Waals surface area (Å²) >= 11 is 0. The molecule has 5 atom stereocenters. The molecular formula is C17H34P2. The highest BCUT2D eigenvalue weighted by molar-refractivity contribution is 7.82. The molecule has 1 unspecified atom stereocenters. The minimum Gasteiger partial charge on any atom is -0.179 e. The second kappa shape index (κ2) is 5.57. The Hall–Kier alpha value is 0.860. The molecule has 0 radical (unpaired) electrons. The van der Waals surface area contributed by atoms with Gasteiger partial charge in [0.1, 0.15) is 0 Å². The average molecular weight is 300 g/mol. The van der Waals surface area contributed by atoms with Crippen molar-refractivity contribution in [1.29, 1.82) is 0 Å². The first kappa shape index (κ1) is 16.2. The summed E-state index contributed by atoms with van der Waals surface area (Å²) in [7, 11) is -1.97. The zero-order valence-corrected chi connectivity index (χ0v) is 15.5. The van der Waals surface area contributed by atoms with Crippen LogP contribution in [0.4, 0.5) is 0 Å². The summed E-state index contributed by atoms with van der Waals surface area (Å²) in [6.45, 7) is 22.1. The molecule has 2 saturated heterocycles.